The molecular weight excluding hydrogens is 292 g/mol. The molecule has 3 rings (SSSR count). The van der Waals surface area contributed by atoms with Crippen molar-refractivity contribution in [3.05, 3.63) is 65.8 Å². The van der Waals surface area contributed by atoms with Crippen molar-refractivity contribution in [3.8, 4) is 0 Å². The molecule has 1 aromatic heterocycles. The maximum atomic E-state index is 5.87. The van der Waals surface area contributed by atoms with Gasteiger partial charge >= 0.3 is 0 Å². The van der Waals surface area contributed by atoms with E-state index in [1.165, 1.54) is 5.39 Å². The monoisotopic (exact) mass is 308 g/mol. The molecule has 0 radical (unpaired) electrons. The van der Waals surface area contributed by atoms with Crippen molar-refractivity contribution in [1.82, 2.24) is 4.98 Å². The molecule has 0 aliphatic heterocycles. The zero-order valence-electron chi connectivity index (χ0n) is 11.1. The van der Waals surface area contributed by atoms with Crippen LogP contribution >= 0.6 is 11.6 Å². The molecular formula is C15H17ClN2O3. The van der Waals surface area contributed by atoms with Crippen LogP contribution in [-0.4, -0.2) is 21.4 Å². The summed E-state index contributed by atoms with van der Waals surface area (Å²) in [5.74, 6) is 0.857. The van der Waals surface area contributed by atoms with Gasteiger partial charge in [-0.2, -0.15) is 0 Å². The number of hydrogen-bond acceptors (Lipinski definition) is 2. The van der Waals surface area contributed by atoms with Crippen LogP contribution in [0.2, 0.25) is 5.02 Å². The fourth-order valence-corrected chi connectivity index (χ4v) is 2.02. The van der Waals surface area contributed by atoms with Crippen LogP contribution in [0.25, 0.3) is 10.8 Å². The summed E-state index contributed by atoms with van der Waals surface area (Å²) in [6.45, 7) is 0. The maximum Gasteiger partial charge on any atom is 0.138 e. The summed E-state index contributed by atoms with van der Waals surface area (Å²) in [4.78, 5) is 4.38. The predicted octanol–water partition coefficient (Wildman–Crippen LogP) is 2.16. The highest BCUT2D eigenvalue weighted by Gasteiger charge is 2.01. The van der Waals surface area contributed by atoms with Crippen LogP contribution in [0.3, 0.4) is 0 Å². The van der Waals surface area contributed by atoms with Gasteiger partial charge in [-0.25, -0.2) is 4.98 Å². The molecule has 112 valence electrons. The van der Waals surface area contributed by atoms with Gasteiger partial charge in [-0.15, -0.1) is 0 Å². The number of nitrogens with one attached hydrogen (secondary N) is 1. The van der Waals surface area contributed by atoms with E-state index in [0.717, 1.165) is 21.9 Å². The highest BCUT2D eigenvalue weighted by Crippen LogP contribution is 2.24. The first-order valence-corrected chi connectivity index (χ1v) is 6.07. The first kappa shape index (κ1) is 18.8. The van der Waals surface area contributed by atoms with Crippen LogP contribution in [0.5, 0.6) is 0 Å². The number of nitrogens with zero attached hydrogens (tertiary/aromatic N) is 1. The van der Waals surface area contributed by atoms with Gasteiger partial charge in [0.1, 0.15) is 5.82 Å². The molecule has 7 N–H and O–H groups in total. The van der Waals surface area contributed by atoms with Gasteiger partial charge in [-0.1, -0.05) is 35.9 Å². The summed E-state index contributed by atoms with van der Waals surface area (Å²) in [6.07, 6.45) is 1.81. The Bertz CT molecular complexity index is 685. The topological polar surface area (TPSA) is 119 Å². The maximum absolute atomic E-state index is 5.87. The Hall–Kier alpha value is -2.18. The number of fused-ring (bicyclic) bond motifs is 1. The van der Waals surface area contributed by atoms with Crippen molar-refractivity contribution < 1.29 is 16.4 Å². The fraction of sp³-hybridized carbons (Fsp3) is 0. The molecule has 21 heavy (non-hydrogen) atoms. The van der Waals surface area contributed by atoms with Crippen LogP contribution in [0.4, 0.5) is 11.5 Å². The molecule has 0 bridgehead atoms. The summed E-state index contributed by atoms with van der Waals surface area (Å²) in [5.41, 5.74) is 0.975. The Kier molecular flexibility index (Phi) is 7.33. The molecule has 0 aliphatic rings. The molecule has 0 saturated carbocycles. The third-order valence-corrected chi connectivity index (χ3v) is 3.03. The van der Waals surface area contributed by atoms with Gasteiger partial charge in [0.25, 0.3) is 0 Å². The molecule has 2 aromatic carbocycles. The van der Waals surface area contributed by atoms with E-state index in [9.17, 15) is 0 Å². The highest BCUT2D eigenvalue weighted by molar-refractivity contribution is 6.30. The lowest BCUT2D eigenvalue weighted by atomic mass is 10.1. The SMILES string of the molecule is Clc1ccc(Nc2nccc3ccccc23)cc1.O.O.O. The Morgan fingerprint density at radius 2 is 1.48 bits per heavy atom. The summed E-state index contributed by atoms with van der Waals surface area (Å²) in [7, 11) is 0. The quantitative estimate of drug-likeness (QED) is 0.780. The molecule has 0 aliphatic carbocycles. The zero-order chi connectivity index (χ0) is 12.4. The van der Waals surface area contributed by atoms with E-state index < -0.39 is 0 Å². The molecule has 1 heterocycles. The third-order valence-electron chi connectivity index (χ3n) is 2.78. The molecule has 0 amide bonds. The van der Waals surface area contributed by atoms with Crippen LogP contribution in [0.1, 0.15) is 0 Å². The second kappa shape index (κ2) is 8.18. The largest absolute Gasteiger partial charge is 0.412 e. The van der Waals surface area contributed by atoms with Gasteiger partial charge in [0.2, 0.25) is 0 Å². The minimum atomic E-state index is 0. The van der Waals surface area contributed by atoms with Gasteiger partial charge < -0.3 is 21.7 Å². The number of hydrogen-bond donors (Lipinski definition) is 1. The lowest BCUT2D eigenvalue weighted by molar-refractivity contribution is 0.823. The van der Waals surface area contributed by atoms with E-state index in [-0.39, 0.29) is 16.4 Å². The summed E-state index contributed by atoms with van der Waals surface area (Å²) < 4.78 is 0. The van der Waals surface area contributed by atoms with Gasteiger partial charge in [0.15, 0.2) is 0 Å². The Labute approximate surface area is 127 Å². The first-order valence-electron chi connectivity index (χ1n) is 5.69. The number of aromatic nitrogens is 1. The van der Waals surface area contributed by atoms with Crippen molar-refractivity contribution in [3.63, 3.8) is 0 Å². The van der Waals surface area contributed by atoms with Gasteiger partial charge in [-0.3, -0.25) is 0 Å². The minimum absolute atomic E-state index is 0. The van der Waals surface area contributed by atoms with Gasteiger partial charge in [0, 0.05) is 22.3 Å². The molecule has 5 nitrogen and oxygen atoms in total. The first-order chi connectivity index (χ1) is 8.83. The van der Waals surface area contributed by atoms with E-state index in [2.05, 4.69) is 22.4 Å². The van der Waals surface area contributed by atoms with Crippen LogP contribution < -0.4 is 5.32 Å². The summed E-state index contributed by atoms with van der Waals surface area (Å²) >= 11 is 5.87. The summed E-state index contributed by atoms with van der Waals surface area (Å²) in [5, 5.41) is 6.31. The second-order valence-electron chi connectivity index (χ2n) is 4.01. The van der Waals surface area contributed by atoms with E-state index in [0.29, 0.717) is 0 Å². The van der Waals surface area contributed by atoms with E-state index >= 15 is 0 Å². The molecule has 0 saturated heterocycles. The summed E-state index contributed by atoms with van der Waals surface area (Å²) in [6, 6.07) is 17.8. The molecule has 6 heteroatoms. The van der Waals surface area contributed by atoms with E-state index in [1.807, 2.05) is 42.5 Å². The third kappa shape index (κ3) is 4.14. The van der Waals surface area contributed by atoms with E-state index in [4.69, 9.17) is 11.6 Å². The van der Waals surface area contributed by atoms with Crippen molar-refractivity contribution >= 4 is 33.9 Å². The molecule has 0 spiro atoms. The molecule has 3 aromatic rings. The zero-order valence-corrected chi connectivity index (χ0v) is 11.9. The second-order valence-corrected chi connectivity index (χ2v) is 4.45. The van der Waals surface area contributed by atoms with Crippen LogP contribution in [0.15, 0.2) is 60.8 Å². The smallest absolute Gasteiger partial charge is 0.138 e. The fourth-order valence-electron chi connectivity index (χ4n) is 1.89. The molecule has 0 fully saturated rings. The van der Waals surface area contributed by atoms with Gasteiger partial charge in [0.05, 0.1) is 0 Å². The average molecular weight is 309 g/mol. The van der Waals surface area contributed by atoms with Crippen LogP contribution in [-0.2, 0) is 0 Å². The number of benzene rings is 2. The van der Waals surface area contributed by atoms with E-state index in [1.54, 1.807) is 6.20 Å². The predicted molar refractivity (Wildman–Crippen MR) is 87.3 cm³/mol. The standard InChI is InChI=1S/C15H11ClN2.3H2O/c16-12-5-7-13(8-6-12)18-15-14-4-2-1-3-11(14)9-10-17-15;;;/h1-10H,(H,17,18);3*1H2. The Balaban J connectivity index is 0.00000133. The number of rotatable bonds is 2. The van der Waals surface area contributed by atoms with Gasteiger partial charge in [-0.05, 0) is 35.7 Å². The van der Waals surface area contributed by atoms with Crippen molar-refractivity contribution in [2.75, 3.05) is 5.32 Å². The Morgan fingerprint density at radius 1 is 0.810 bits per heavy atom. The normalized spacial score (nSPS) is 9.00. The lowest BCUT2D eigenvalue weighted by Crippen LogP contribution is -1.93. The number of pyridine rings is 1. The number of halogens is 1. The van der Waals surface area contributed by atoms with Crippen molar-refractivity contribution in [1.29, 1.82) is 0 Å². The molecule has 0 atom stereocenters. The average Bonchev–Trinajstić information content (AvgIpc) is 2.42. The number of anilines is 2. The van der Waals surface area contributed by atoms with Crippen molar-refractivity contribution in [2.24, 2.45) is 0 Å². The van der Waals surface area contributed by atoms with Crippen LogP contribution in [0, 0.1) is 0 Å². The lowest BCUT2D eigenvalue weighted by Gasteiger charge is -2.08. The molecule has 0 unspecified atom stereocenters. The van der Waals surface area contributed by atoms with Crippen molar-refractivity contribution in [2.45, 2.75) is 0 Å². The minimum Gasteiger partial charge on any atom is -0.412 e. The highest BCUT2D eigenvalue weighted by atomic mass is 35.5. The Morgan fingerprint density at radius 3 is 2.19 bits per heavy atom.